The van der Waals surface area contributed by atoms with Crippen LogP contribution in [0.15, 0.2) is 24.3 Å². The minimum absolute atomic E-state index is 0.0167. The van der Waals surface area contributed by atoms with E-state index in [0.29, 0.717) is 25.8 Å². The molecule has 5 N–H and O–H groups in total. The van der Waals surface area contributed by atoms with Gasteiger partial charge in [-0.3, -0.25) is 19.2 Å². The molecule has 1 unspecified atom stereocenters. The number of rotatable bonds is 13. The summed E-state index contributed by atoms with van der Waals surface area (Å²) in [4.78, 5) is 69.5. The molecule has 13 nitrogen and oxygen atoms in total. The van der Waals surface area contributed by atoms with Crippen molar-refractivity contribution in [1.82, 2.24) is 25.2 Å². The van der Waals surface area contributed by atoms with Gasteiger partial charge >= 0.3 is 6.03 Å². The molecule has 6 atom stereocenters. The fourth-order valence-electron chi connectivity index (χ4n) is 8.62. The average molecular weight is 757 g/mol. The standard InChI is InChI=1S/C39H60N6O7S/c1-37(2,3)28(21-44(9)53(51,52)38(4,5)6)42-36(50)43-30(25-18-23-15-10-11-16-24(23)19-25)35(49)45-20-26-29(39(26,7)8)31(45)34(48)41-27(32(46)33(40)47)17-22-13-12-14-22/h10-11,15-16,22,25-31H,12-14,17-21H2,1-9H3,(H2,40,47)(H,41,48)(H2,42,43,50)/t26-,27?,28+,29-,30-,31-/m0/s1. The molecule has 1 aliphatic heterocycles. The van der Waals surface area contributed by atoms with Gasteiger partial charge in [-0.05, 0) is 85.7 Å². The number of carbonyl (C=O) groups is 5. The number of hydrogen-bond donors (Lipinski definition) is 4. The summed E-state index contributed by atoms with van der Waals surface area (Å²) in [5, 5.41) is 8.80. The second kappa shape index (κ2) is 14.6. The zero-order valence-corrected chi connectivity index (χ0v) is 33.6. The van der Waals surface area contributed by atoms with Gasteiger partial charge in [0.15, 0.2) is 0 Å². The van der Waals surface area contributed by atoms with E-state index in [1.54, 1.807) is 25.7 Å². The van der Waals surface area contributed by atoms with Gasteiger partial charge in [0.05, 0.1) is 10.8 Å². The van der Waals surface area contributed by atoms with Crippen LogP contribution in [0.1, 0.15) is 92.2 Å². The number of Topliss-reactive ketones (excluding diaryl/α,β-unsaturated/α-hetero) is 1. The van der Waals surface area contributed by atoms with Crippen LogP contribution in [-0.4, -0.2) is 96.2 Å². The van der Waals surface area contributed by atoms with Crippen LogP contribution in [-0.2, 0) is 42.0 Å². The molecule has 3 aliphatic carbocycles. The van der Waals surface area contributed by atoms with Gasteiger partial charge in [-0.15, -0.1) is 0 Å². The van der Waals surface area contributed by atoms with Gasteiger partial charge in [0.2, 0.25) is 27.6 Å². The van der Waals surface area contributed by atoms with Crippen molar-refractivity contribution < 1.29 is 32.4 Å². The molecule has 3 fully saturated rings. The van der Waals surface area contributed by atoms with E-state index < -0.39 is 73.9 Å². The Hall–Kier alpha value is -3.52. The smallest absolute Gasteiger partial charge is 0.315 e. The molecule has 1 aromatic rings. The molecule has 0 spiro atoms. The van der Waals surface area contributed by atoms with Crippen LogP contribution in [0.4, 0.5) is 4.79 Å². The highest BCUT2D eigenvalue weighted by Crippen LogP contribution is 2.65. The summed E-state index contributed by atoms with van der Waals surface area (Å²) in [5.41, 5.74) is 6.79. The molecule has 5 rings (SSSR count). The van der Waals surface area contributed by atoms with Crippen LogP contribution in [0.3, 0.4) is 0 Å². The number of carbonyl (C=O) groups excluding carboxylic acids is 5. The monoisotopic (exact) mass is 756 g/mol. The molecule has 0 bridgehead atoms. The number of fused-ring (bicyclic) bond motifs is 2. The Kier molecular flexibility index (Phi) is 11.2. The van der Waals surface area contributed by atoms with Crippen molar-refractivity contribution in [1.29, 1.82) is 0 Å². The number of piperidine rings is 1. The van der Waals surface area contributed by atoms with Gasteiger partial charge in [0, 0.05) is 26.2 Å². The van der Waals surface area contributed by atoms with E-state index in [1.807, 2.05) is 45.0 Å². The molecular weight excluding hydrogens is 697 g/mol. The maximum Gasteiger partial charge on any atom is 0.315 e. The second-order valence-corrected chi connectivity index (χ2v) is 21.4. The van der Waals surface area contributed by atoms with Crippen LogP contribution >= 0.6 is 0 Å². The van der Waals surface area contributed by atoms with Crippen LogP contribution in [0, 0.1) is 34.5 Å². The normalized spacial score (nSPS) is 24.3. The lowest BCUT2D eigenvalue weighted by Crippen LogP contribution is -2.62. The van der Waals surface area contributed by atoms with E-state index in [4.69, 9.17) is 5.73 Å². The second-order valence-electron chi connectivity index (χ2n) is 18.6. The number of sulfonamides is 1. The van der Waals surface area contributed by atoms with Gasteiger partial charge < -0.3 is 26.6 Å². The first kappa shape index (κ1) is 40.7. The minimum Gasteiger partial charge on any atom is -0.363 e. The van der Waals surface area contributed by atoms with Crippen LogP contribution in [0.2, 0.25) is 0 Å². The molecule has 0 aromatic heterocycles. The Morgan fingerprint density at radius 2 is 1.55 bits per heavy atom. The number of hydrogen-bond acceptors (Lipinski definition) is 7. The fourth-order valence-corrected chi connectivity index (χ4v) is 9.90. The van der Waals surface area contributed by atoms with E-state index in [0.717, 1.165) is 30.4 Å². The summed E-state index contributed by atoms with van der Waals surface area (Å²) in [7, 11) is -2.19. The summed E-state index contributed by atoms with van der Waals surface area (Å²) >= 11 is 0. The number of likely N-dealkylation sites (N-methyl/N-ethyl adjacent to an activating group) is 1. The quantitative estimate of drug-likeness (QED) is 0.223. The topological polar surface area (TPSA) is 188 Å². The Balaban J connectivity index is 1.40. The third kappa shape index (κ3) is 8.28. The van der Waals surface area contributed by atoms with E-state index in [9.17, 15) is 32.4 Å². The molecule has 294 valence electrons. The number of urea groups is 1. The highest BCUT2D eigenvalue weighted by Gasteiger charge is 2.70. The number of primary amides is 1. The van der Waals surface area contributed by atoms with Crippen LogP contribution < -0.4 is 21.7 Å². The van der Waals surface area contributed by atoms with Crippen molar-refractivity contribution in [2.75, 3.05) is 20.1 Å². The molecule has 1 saturated heterocycles. The van der Waals surface area contributed by atoms with Crippen molar-refractivity contribution in [3.05, 3.63) is 35.4 Å². The number of benzene rings is 1. The van der Waals surface area contributed by atoms with Crippen molar-refractivity contribution in [2.24, 2.45) is 40.2 Å². The SMILES string of the molecule is CN(C[C@@H](NC(=O)N[C@H](C(=O)N1C[C@H]2[C@@H]([C@H]1C(=O)NC(CC1CCC1)C(=O)C(N)=O)C2(C)C)C1Cc2ccccc2C1)C(C)(C)C)S(=O)(=O)C(C)(C)C. The molecule has 4 aliphatic rings. The first-order chi connectivity index (χ1) is 24.4. The number of ketones is 1. The molecule has 1 heterocycles. The van der Waals surface area contributed by atoms with Gasteiger partial charge in [0.25, 0.3) is 5.91 Å². The summed E-state index contributed by atoms with van der Waals surface area (Å²) in [6, 6.07) is 3.71. The summed E-state index contributed by atoms with van der Waals surface area (Å²) in [5.74, 6) is -3.06. The van der Waals surface area contributed by atoms with E-state index in [1.165, 1.54) is 11.4 Å². The zero-order valence-electron chi connectivity index (χ0n) is 32.8. The van der Waals surface area contributed by atoms with Gasteiger partial charge in [-0.1, -0.05) is 78.1 Å². The van der Waals surface area contributed by atoms with E-state index in [-0.39, 0.29) is 35.6 Å². The third-order valence-corrected chi connectivity index (χ3v) is 15.0. The minimum atomic E-state index is -3.69. The summed E-state index contributed by atoms with van der Waals surface area (Å²) in [6.07, 6.45) is 4.24. The van der Waals surface area contributed by atoms with Crippen molar-refractivity contribution in [3.63, 3.8) is 0 Å². The summed E-state index contributed by atoms with van der Waals surface area (Å²) < 4.78 is 26.7. The van der Waals surface area contributed by atoms with Gasteiger partial charge in [-0.2, -0.15) is 0 Å². The number of amides is 5. The number of nitrogens with two attached hydrogens (primary N) is 1. The van der Waals surface area contributed by atoms with Gasteiger partial charge in [0.1, 0.15) is 12.1 Å². The molecule has 14 heteroatoms. The van der Waals surface area contributed by atoms with Crippen molar-refractivity contribution >= 4 is 39.6 Å². The van der Waals surface area contributed by atoms with Crippen LogP contribution in [0.5, 0.6) is 0 Å². The zero-order chi connectivity index (χ0) is 39.4. The van der Waals surface area contributed by atoms with Crippen molar-refractivity contribution in [3.8, 4) is 0 Å². The lowest BCUT2D eigenvalue weighted by Gasteiger charge is -2.38. The largest absolute Gasteiger partial charge is 0.363 e. The molecule has 5 amide bonds. The maximum absolute atomic E-state index is 14.8. The van der Waals surface area contributed by atoms with Crippen LogP contribution in [0.25, 0.3) is 0 Å². The fraction of sp³-hybridized carbons (Fsp3) is 0.718. The maximum atomic E-state index is 14.8. The first-order valence-corrected chi connectivity index (χ1v) is 20.4. The Labute approximate surface area is 315 Å². The van der Waals surface area contributed by atoms with Gasteiger partial charge in [-0.25, -0.2) is 17.5 Å². The van der Waals surface area contributed by atoms with Crippen molar-refractivity contribution in [2.45, 2.75) is 123 Å². The molecule has 2 saturated carbocycles. The molecule has 0 radical (unpaired) electrons. The van der Waals surface area contributed by atoms with E-state index in [2.05, 4.69) is 29.8 Å². The predicted octanol–water partition coefficient (Wildman–Crippen LogP) is 2.76. The highest BCUT2D eigenvalue weighted by atomic mass is 32.2. The Morgan fingerprint density at radius 1 is 0.962 bits per heavy atom. The van der Waals surface area contributed by atoms with E-state index >= 15 is 0 Å². The first-order valence-electron chi connectivity index (χ1n) is 19.0. The Bertz CT molecular complexity index is 1700. The molecular formula is C39H60N6O7S. The number of nitrogens with one attached hydrogen (secondary N) is 3. The lowest BCUT2D eigenvalue weighted by atomic mass is 9.80. The highest BCUT2D eigenvalue weighted by molar-refractivity contribution is 7.90. The molecule has 1 aromatic carbocycles. The number of nitrogens with zero attached hydrogens (tertiary/aromatic N) is 2. The average Bonchev–Trinajstić information content (AvgIpc) is 3.39. The molecule has 53 heavy (non-hydrogen) atoms. The number of likely N-dealkylation sites (tertiary alicyclic amines) is 1. The summed E-state index contributed by atoms with van der Waals surface area (Å²) in [6.45, 7) is 15.1. The predicted molar refractivity (Wildman–Crippen MR) is 202 cm³/mol. The lowest BCUT2D eigenvalue weighted by molar-refractivity contribution is -0.144. The third-order valence-electron chi connectivity index (χ3n) is 12.5. The Morgan fingerprint density at radius 3 is 2.04 bits per heavy atom.